The maximum Gasteiger partial charge on any atom is 0.0411 e. The van der Waals surface area contributed by atoms with Crippen LogP contribution in [0.1, 0.15) is 31.2 Å². The Morgan fingerprint density at radius 3 is 2.65 bits per heavy atom. The van der Waals surface area contributed by atoms with Gasteiger partial charge in [-0.1, -0.05) is 18.2 Å². The van der Waals surface area contributed by atoms with Gasteiger partial charge in [-0.25, -0.2) is 0 Å². The Hall–Kier alpha value is -0.670. The van der Waals surface area contributed by atoms with E-state index in [4.69, 9.17) is 0 Å². The fraction of sp³-hybridized carbons (Fsp3) is 0.647. The number of hydrogen-bond acceptors (Lipinski definition) is 3. The van der Waals surface area contributed by atoms with Gasteiger partial charge in [0.2, 0.25) is 0 Å². The molecule has 2 saturated heterocycles. The average molecular weight is 290 g/mol. The molecule has 3 heteroatoms. The van der Waals surface area contributed by atoms with E-state index in [9.17, 15) is 0 Å². The summed E-state index contributed by atoms with van der Waals surface area (Å²) < 4.78 is 0. The Bertz CT molecular complexity index is 409. The fourth-order valence-electron chi connectivity index (χ4n) is 3.29. The predicted octanol–water partition coefficient (Wildman–Crippen LogP) is 3.52. The number of benzene rings is 1. The first kappa shape index (κ1) is 14.3. The van der Waals surface area contributed by atoms with Crippen LogP contribution >= 0.6 is 11.8 Å². The van der Waals surface area contributed by atoms with Crippen molar-refractivity contribution in [3.8, 4) is 0 Å². The van der Waals surface area contributed by atoms with Crippen molar-refractivity contribution in [2.45, 2.75) is 32.2 Å². The van der Waals surface area contributed by atoms with Gasteiger partial charge in [-0.2, -0.15) is 11.8 Å². The van der Waals surface area contributed by atoms with Crippen LogP contribution in [0.2, 0.25) is 0 Å². The molecule has 0 saturated carbocycles. The molecular formula is C17H26N2S. The van der Waals surface area contributed by atoms with E-state index >= 15 is 0 Å². The molecule has 0 spiro atoms. The van der Waals surface area contributed by atoms with Crippen LogP contribution in [0.25, 0.3) is 0 Å². The van der Waals surface area contributed by atoms with E-state index < -0.39 is 0 Å². The number of para-hydroxylation sites is 1. The quantitative estimate of drug-likeness (QED) is 0.893. The fourth-order valence-corrected chi connectivity index (χ4v) is 4.49. The minimum Gasteiger partial charge on any atom is -0.371 e. The van der Waals surface area contributed by atoms with E-state index in [2.05, 4.69) is 46.2 Å². The third-order valence-electron chi connectivity index (χ3n) is 4.53. The molecule has 0 bridgehead atoms. The molecule has 1 aromatic rings. The molecule has 1 N–H and O–H groups in total. The van der Waals surface area contributed by atoms with E-state index in [1.165, 1.54) is 68.1 Å². The van der Waals surface area contributed by atoms with Gasteiger partial charge in [-0.05, 0) is 61.3 Å². The van der Waals surface area contributed by atoms with Crippen molar-refractivity contribution in [1.29, 1.82) is 0 Å². The zero-order valence-electron chi connectivity index (χ0n) is 12.3. The third kappa shape index (κ3) is 3.70. The van der Waals surface area contributed by atoms with Gasteiger partial charge >= 0.3 is 0 Å². The molecule has 0 amide bonds. The standard InChI is InChI=1S/C17H26N2S/c1-2-6-17(19-9-3-4-10-19)16(5-1)14-18-13-15-7-11-20-12-8-15/h1-2,5-6,15,18H,3-4,7-14H2. The van der Waals surface area contributed by atoms with Gasteiger partial charge in [0.15, 0.2) is 0 Å². The van der Waals surface area contributed by atoms with Crippen LogP contribution in [-0.2, 0) is 6.54 Å². The summed E-state index contributed by atoms with van der Waals surface area (Å²) in [6.07, 6.45) is 5.49. The summed E-state index contributed by atoms with van der Waals surface area (Å²) in [5.41, 5.74) is 2.93. The van der Waals surface area contributed by atoms with Crippen LogP contribution in [0.15, 0.2) is 24.3 Å². The summed E-state index contributed by atoms with van der Waals surface area (Å²) in [4.78, 5) is 2.55. The molecule has 0 unspecified atom stereocenters. The van der Waals surface area contributed by atoms with Crippen LogP contribution < -0.4 is 10.2 Å². The van der Waals surface area contributed by atoms with Gasteiger partial charge in [0.1, 0.15) is 0 Å². The smallest absolute Gasteiger partial charge is 0.0411 e. The summed E-state index contributed by atoms with van der Waals surface area (Å²) in [5.74, 6) is 3.61. The number of thioether (sulfide) groups is 1. The Morgan fingerprint density at radius 2 is 1.85 bits per heavy atom. The number of anilines is 1. The van der Waals surface area contributed by atoms with Gasteiger partial charge in [-0.3, -0.25) is 0 Å². The monoisotopic (exact) mass is 290 g/mol. The highest BCUT2D eigenvalue weighted by molar-refractivity contribution is 7.99. The summed E-state index contributed by atoms with van der Waals surface area (Å²) >= 11 is 2.11. The van der Waals surface area contributed by atoms with Gasteiger partial charge < -0.3 is 10.2 Å². The second-order valence-corrected chi connectivity index (χ2v) is 7.23. The zero-order valence-corrected chi connectivity index (χ0v) is 13.1. The number of rotatable bonds is 5. The highest BCUT2D eigenvalue weighted by Crippen LogP contribution is 2.25. The first-order chi connectivity index (χ1) is 9.93. The minimum absolute atomic E-state index is 0.898. The normalized spacial score (nSPS) is 20.5. The van der Waals surface area contributed by atoms with Crippen LogP contribution in [-0.4, -0.2) is 31.1 Å². The second-order valence-electron chi connectivity index (χ2n) is 6.01. The molecule has 3 rings (SSSR count). The highest BCUT2D eigenvalue weighted by atomic mass is 32.2. The molecule has 1 aromatic carbocycles. The maximum absolute atomic E-state index is 3.70. The molecule has 2 heterocycles. The van der Waals surface area contributed by atoms with Crippen molar-refractivity contribution in [3.63, 3.8) is 0 Å². The van der Waals surface area contributed by atoms with E-state index in [0.717, 1.165) is 12.5 Å². The number of nitrogens with zero attached hydrogens (tertiary/aromatic N) is 1. The van der Waals surface area contributed by atoms with E-state index in [1.807, 2.05) is 0 Å². The highest BCUT2D eigenvalue weighted by Gasteiger charge is 2.16. The van der Waals surface area contributed by atoms with Crippen molar-refractivity contribution in [2.75, 3.05) is 36.0 Å². The molecule has 0 radical (unpaired) electrons. The Labute approximate surface area is 127 Å². The molecule has 0 aromatic heterocycles. The van der Waals surface area contributed by atoms with E-state index in [-0.39, 0.29) is 0 Å². The SMILES string of the molecule is c1ccc(N2CCCC2)c(CNCC2CCSCC2)c1. The summed E-state index contributed by atoms with van der Waals surface area (Å²) in [5, 5.41) is 3.70. The minimum atomic E-state index is 0.898. The maximum atomic E-state index is 3.70. The molecule has 0 atom stereocenters. The average Bonchev–Trinajstić information content (AvgIpc) is 3.03. The van der Waals surface area contributed by atoms with Crippen LogP contribution in [0.3, 0.4) is 0 Å². The lowest BCUT2D eigenvalue weighted by Gasteiger charge is -2.24. The predicted molar refractivity (Wildman–Crippen MR) is 89.6 cm³/mol. The van der Waals surface area contributed by atoms with Crippen LogP contribution in [0, 0.1) is 5.92 Å². The zero-order chi connectivity index (χ0) is 13.6. The number of hydrogen-bond donors (Lipinski definition) is 1. The van der Waals surface area contributed by atoms with Crippen LogP contribution in [0.4, 0.5) is 5.69 Å². The molecule has 2 fully saturated rings. The lowest BCUT2D eigenvalue weighted by atomic mass is 10.0. The third-order valence-corrected chi connectivity index (χ3v) is 5.58. The first-order valence-electron chi connectivity index (χ1n) is 8.05. The van der Waals surface area contributed by atoms with Crippen molar-refractivity contribution in [3.05, 3.63) is 29.8 Å². The van der Waals surface area contributed by atoms with Gasteiger partial charge in [0.05, 0.1) is 0 Å². The van der Waals surface area contributed by atoms with Gasteiger partial charge in [-0.15, -0.1) is 0 Å². The molecule has 2 aliphatic heterocycles. The second kappa shape index (κ2) is 7.37. The number of nitrogens with one attached hydrogen (secondary N) is 1. The lowest BCUT2D eigenvalue weighted by Crippen LogP contribution is -2.26. The largest absolute Gasteiger partial charge is 0.371 e. The first-order valence-corrected chi connectivity index (χ1v) is 9.20. The Morgan fingerprint density at radius 1 is 1.10 bits per heavy atom. The molecule has 2 aliphatic rings. The van der Waals surface area contributed by atoms with E-state index in [1.54, 1.807) is 0 Å². The summed E-state index contributed by atoms with van der Waals surface area (Å²) in [6, 6.07) is 8.93. The van der Waals surface area contributed by atoms with Crippen molar-refractivity contribution in [2.24, 2.45) is 5.92 Å². The molecule has 20 heavy (non-hydrogen) atoms. The molecule has 0 aliphatic carbocycles. The summed E-state index contributed by atoms with van der Waals surface area (Å²) in [6.45, 7) is 4.68. The van der Waals surface area contributed by atoms with Crippen molar-refractivity contribution in [1.82, 2.24) is 5.32 Å². The van der Waals surface area contributed by atoms with Crippen molar-refractivity contribution < 1.29 is 0 Å². The molecular weight excluding hydrogens is 264 g/mol. The molecule has 110 valence electrons. The van der Waals surface area contributed by atoms with Crippen molar-refractivity contribution >= 4 is 17.4 Å². The molecule has 2 nitrogen and oxygen atoms in total. The van der Waals surface area contributed by atoms with Crippen LogP contribution in [0.5, 0.6) is 0 Å². The van der Waals surface area contributed by atoms with Gasteiger partial charge in [0.25, 0.3) is 0 Å². The van der Waals surface area contributed by atoms with E-state index in [0.29, 0.717) is 0 Å². The summed E-state index contributed by atoms with van der Waals surface area (Å²) in [7, 11) is 0. The lowest BCUT2D eigenvalue weighted by molar-refractivity contribution is 0.447. The Kier molecular flexibility index (Phi) is 5.26. The van der Waals surface area contributed by atoms with Gasteiger partial charge in [0, 0.05) is 25.3 Å². The topological polar surface area (TPSA) is 15.3 Å². The Balaban J connectivity index is 1.53.